The molecule has 84 valence electrons. The van der Waals surface area contributed by atoms with Crippen molar-refractivity contribution in [1.82, 2.24) is 0 Å². The standard InChI is InChI=1S/C14H16OS/c1-3-12-8-11(5-7-14(12)15)9-13-6-4-10(2)16-13/h4-8,15H,3,9H2,1-2H3. The van der Waals surface area contributed by atoms with E-state index < -0.39 is 0 Å². The highest BCUT2D eigenvalue weighted by Gasteiger charge is 2.03. The molecule has 2 heteroatoms. The van der Waals surface area contributed by atoms with Gasteiger partial charge in [-0.15, -0.1) is 11.3 Å². The van der Waals surface area contributed by atoms with E-state index in [-0.39, 0.29) is 0 Å². The molecule has 0 fully saturated rings. The quantitative estimate of drug-likeness (QED) is 0.850. The lowest BCUT2D eigenvalue weighted by Gasteiger charge is -2.05. The molecule has 2 aromatic rings. The maximum Gasteiger partial charge on any atom is 0.118 e. The lowest BCUT2D eigenvalue weighted by molar-refractivity contribution is 0.468. The highest BCUT2D eigenvalue weighted by atomic mass is 32.1. The van der Waals surface area contributed by atoms with E-state index in [9.17, 15) is 5.11 Å². The van der Waals surface area contributed by atoms with Crippen LogP contribution >= 0.6 is 11.3 Å². The summed E-state index contributed by atoms with van der Waals surface area (Å²) in [6.07, 6.45) is 1.84. The van der Waals surface area contributed by atoms with Crippen LogP contribution in [0.4, 0.5) is 0 Å². The van der Waals surface area contributed by atoms with Crippen LogP contribution in [0.1, 0.15) is 27.8 Å². The minimum absolute atomic E-state index is 0.411. The Morgan fingerprint density at radius 1 is 1.19 bits per heavy atom. The Bertz CT molecular complexity index is 485. The van der Waals surface area contributed by atoms with E-state index in [4.69, 9.17) is 0 Å². The van der Waals surface area contributed by atoms with Gasteiger partial charge in [0.25, 0.3) is 0 Å². The molecule has 1 aromatic carbocycles. The summed E-state index contributed by atoms with van der Waals surface area (Å²) in [5.74, 6) is 0.411. The van der Waals surface area contributed by atoms with E-state index in [1.165, 1.54) is 15.3 Å². The van der Waals surface area contributed by atoms with Crippen molar-refractivity contribution in [3.63, 3.8) is 0 Å². The molecular weight excluding hydrogens is 216 g/mol. The predicted molar refractivity (Wildman–Crippen MR) is 69.3 cm³/mol. The van der Waals surface area contributed by atoms with Gasteiger partial charge in [0.15, 0.2) is 0 Å². The summed E-state index contributed by atoms with van der Waals surface area (Å²) in [7, 11) is 0. The predicted octanol–water partition coefficient (Wildman–Crippen LogP) is 3.92. The fourth-order valence-electron chi connectivity index (χ4n) is 1.81. The molecule has 0 amide bonds. The third kappa shape index (κ3) is 2.45. The van der Waals surface area contributed by atoms with Gasteiger partial charge in [0, 0.05) is 16.2 Å². The molecule has 0 saturated carbocycles. The molecule has 0 aliphatic carbocycles. The second kappa shape index (κ2) is 4.71. The number of hydrogen-bond acceptors (Lipinski definition) is 2. The summed E-state index contributed by atoms with van der Waals surface area (Å²) in [5, 5.41) is 9.61. The topological polar surface area (TPSA) is 20.2 Å². The van der Waals surface area contributed by atoms with Crippen molar-refractivity contribution < 1.29 is 5.11 Å². The number of aryl methyl sites for hydroxylation is 2. The largest absolute Gasteiger partial charge is 0.508 e. The van der Waals surface area contributed by atoms with Crippen molar-refractivity contribution >= 4 is 11.3 Å². The molecule has 0 unspecified atom stereocenters. The van der Waals surface area contributed by atoms with E-state index >= 15 is 0 Å². The SMILES string of the molecule is CCc1cc(Cc2ccc(C)s2)ccc1O. The number of thiophene rings is 1. The molecule has 0 spiro atoms. The molecule has 0 aliphatic rings. The first-order valence-corrected chi connectivity index (χ1v) is 6.36. The van der Waals surface area contributed by atoms with Crippen LogP contribution in [0, 0.1) is 6.92 Å². The zero-order valence-electron chi connectivity index (χ0n) is 9.66. The van der Waals surface area contributed by atoms with Crippen LogP contribution in [0.15, 0.2) is 30.3 Å². The van der Waals surface area contributed by atoms with Gasteiger partial charge in [-0.1, -0.05) is 19.1 Å². The van der Waals surface area contributed by atoms with Gasteiger partial charge in [0.2, 0.25) is 0 Å². The summed E-state index contributed by atoms with van der Waals surface area (Å²) < 4.78 is 0. The van der Waals surface area contributed by atoms with Gasteiger partial charge in [0.05, 0.1) is 0 Å². The van der Waals surface area contributed by atoms with Crippen molar-refractivity contribution in [3.05, 3.63) is 51.2 Å². The Hall–Kier alpha value is -1.28. The van der Waals surface area contributed by atoms with Crippen LogP contribution in [0.25, 0.3) is 0 Å². The van der Waals surface area contributed by atoms with Gasteiger partial charge < -0.3 is 5.11 Å². The van der Waals surface area contributed by atoms with Crippen LogP contribution in [0.5, 0.6) is 5.75 Å². The normalized spacial score (nSPS) is 10.6. The van der Waals surface area contributed by atoms with Gasteiger partial charge in [-0.25, -0.2) is 0 Å². The maximum absolute atomic E-state index is 9.61. The number of hydrogen-bond donors (Lipinski definition) is 1. The molecule has 0 bridgehead atoms. The van der Waals surface area contributed by atoms with Crippen molar-refractivity contribution in [2.75, 3.05) is 0 Å². The highest BCUT2D eigenvalue weighted by molar-refractivity contribution is 7.11. The van der Waals surface area contributed by atoms with Crippen LogP contribution in [0.3, 0.4) is 0 Å². The number of aromatic hydroxyl groups is 1. The number of benzene rings is 1. The molecule has 1 nitrogen and oxygen atoms in total. The Labute approximate surface area is 100 Å². The lowest BCUT2D eigenvalue weighted by atomic mass is 10.0. The van der Waals surface area contributed by atoms with Gasteiger partial charge >= 0.3 is 0 Å². The zero-order valence-corrected chi connectivity index (χ0v) is 10.5. The molecule has 1 N–H and O–H groups in total. The van der Waals surface area contributed by atoms with Crippen LogP contribution in [0.2, 0.25) is 0 Å². The van der Waals surface area contributed by atoms with Crippen LogP contribution in [-0.2, 0) is 12.8 Å². The van der Waals surface area contributed by atoms with E-state index in [2.05, 4.69) is 32.0 Å². The van der Waals surface area contributed by atoms with E-state index in [0.29, 0.717) is 5.75 Å². The molecule has 0 radical (unpaired) electrons. The van der Waals surface area contributed by atoms with Gasteiger partial charge in [0.1, 0.15) is 5.75 Å². The molecular formula is C14H16OS. The Morgan fingerprint density at radius 2 is 2.00 bits per heavy atom. The number of phenolic OH excluding ortho intramolecular Hbond substituents is 1. The smallest absolute Gasteiger partial charge is 0.118 e. The summed E-state index contributed by atoms with van der Waals surface area (Å²) in [4.78, 5) is 2.73. The van der Waals surface area contributed by atoms with Crippen molar-refractivity contribution in [2.45, 2.75) is 26.7 Å². The van der Waals surface area contributed by atoms with Crippen LogP contribution in [-0.4, -0.2) is 5.11 Å². The third-order valence-electron chi connectivity index (χ3n) is 2.70. The first kappa shape index (κ1) is 11.2. The van der Waals surface area contributed by atoms with Crippen molar-refractivity contribution in [1.29, 1.82) is 0 Å². The Kier molecular flexibility index (Phi) is 3.30. The van der Waals surface area contributed by atoms with E-state index in [1.54, 1.807) is 6.07 Å². The van der Waals surface area contributed by atoms with E-state index in [1.807, 2.05) is 17.4 Å². The van der Waals surface area contributed by atoms with Crippen molar-refractivity contribution in [2.24, 2.45) is 0 Å². The van der Waals surface area contributed by atoms with Crippen molar-refractivity contribution in [3.8, 4) is 5.75 Å². The Morgan fingerprint density at radius 3 is 2.62 bits per heavy atom. The van der Waals surface area contributed by atoms with Gasteiger partial charge in [-0.3, -0.25) is 0 Å². The molecule has 1 heterocycles. The molecule has 0 saturated heterocycles. The zero-order chi connectivity index (χ0) is 11.5. The molecule has 1 aromatic heterocycles. The summed E-state index contributed by atoms with van der Waals surface area (Å²) in [6, 6.07) is 10.2. The van der Waals surface area contributed by atoms with Gasteiger partial charge in [-0.2, -0.15) is 0 Å². The first-order chi connectivity index (χ1) is 7.69. The first-order valence-electron chi connectivity index (χ1n) is 5.55. The van der Waals surface area contributed by atoms with E-state index in [0.717, 1.165) is 18.4 Å². The fourth-order valence-corrected chi connectivity index (χ4v) is 2.74. The van der Waals surface area contributed by atoms with Crippen LogP contribution < -0.4 is 0 Å². The second-order valence-corrected chi connectivity index (χ2v) is 5.38. The maximum atomic E-state index is 9.61. The number of phenols is 1. The molecule has 0 aliphatic heterocycles. The lowest BCUT2D eigenvalue weighted by Crippen LogP contribution is -1.88. The molecule has 0 atom stereocenters. The summed E-state index contributed by atoms with van der Waals surface area (Å²) in [5.41, 5.74) is 2.31. The van der Waals surface area contributed by atoms with Gasteiger partial charge in [-0.05, 0) is 42.7 Å². The monoisotopic (exact) mass is 232 g/mol. The molecule has 2 rings (SSSR count). The average Bonchev–Trinajstić information content (AvgIpc) is 2.67. The molecule has 16 heavy (non-hydrogen) atoms. The number of rotatable bonds is 3. The average molecular weight is 232 g/mol. The third-order valence-corrected chi connectivity index (χ3v) is 3.70. The second-order valence-electron chi connectivity index (χ2n) is 4.01. The highest BCUT2D eigenvalue weighted by Crippen LogP contribution is 2.23. The minimum Gasteiger partial charge on any atom is -0.508 e. The minimum atomic E-state index is 0.411. The summed E-state index contributed by atoms with van der Waals surface area (Å²) in [6.45, 7) is 4.19. The summed E-state index contributed by atoms with van der Waals surface area (Å²) >= 11 is 1.84. The fraction of sp³-hybridized carbons (Fsp3) is 0.286. The Balaban J connectivity index is 2.21.